The van der Waals surface area contributed by atoms with Crippen molar-refractivity contribution in [2.75, 3.05) is 19.4 Å². The van der Waals surface area contributed by atoms with Gasteiger partial charge in [0.15, 0.2) is 11.1 Å². The number of thiazole rings is 1. The molecule has 0 amide bonds. The van der Waals surface area contributed by atoms with Gasteiger partial charge < -0.3 is 16.0 Å². The van der Waals surface area contributed by atoms with Crippen molar-refractivity contribution in [3.63, 3.8) is 0 Å². The van der Waals surface area contributed by atoms with Gasteiger partial charge in [-0.25, -0.2) is 9.98 Å². The van der Waals surface area contributed by atoms with Crippen molar-refractivity contribution >= 4 is 34.5 Å². The van der Waals surface area contributed by atoms with Gasteiger partial charge in [-0.1, -0.05) is 12.1 Å². The molecule has 0 spiro atoms. The van der Waals surface area contributed by atoms with Gasteiger partial charge in [0, 0.05) is 25.0 Å². The molecule has 104 valence electrons. The zero-order valence-corrected chi connectivity index (χ0v) is 12.1. The zero-order chi connectivity index (χ0) is 14.5. The van der Waals surface area contributed by atoms with E-state index in [2.05, 4.69) is 15.3 Å². The highest BCUT2D eigenvalue weighted by Gasteiger charge is 2.05. The molecular weight excluding hydrogens is 272 g/mol. The number of guanidine groups is 1. The Bertz CT molecular complexity index is 631. The van der Waals surface area contributed by atoms with E-state index in [4.69, 9.17) is 11.1 Å². The fourth-order valence-electron chi connectivity index (χ4n) is 1.51. The van der Waals surface area contributed by atoms with Crippen LogP contribution in [-0.2, 0) is 0 Å². The van der Waals surface area contributed by atoms with Gasteiger partial charge in [-0.2, -0.15) is 0 Å². The molecule has 4 N–H and O–H groups in total. The summed E-state index contributed by atoms with van der Waals surface area (Å²) >= 11 is 1.41. The second-order valence-electron chi connectivity index (χ2n) is 4.34. The smallest absolute Gasteiger partial charge is 0.192 e. The first-order chi connectivity index (χ1) is 9.54. The van der Waals surface area contributed by atoms with Crippen LogP contribution < -0.4 is 11.1 Å². The van der Waals surface area contributed by atoms with E-state index < -0.39 is 0 Å². The number of nitrogens with zero attached hydrogens (tertiary/aromatic N) is 3. The third-order valence-corrected chi connectivity index (χ3v) is 3.08. The van der Waals surface area contributed by atoms with Gasteiger partial charge >= 0.3 is 0 Å². The molecule has 0 aliphatic heterocycles. The molecule has 0 aliphatic rings. The topological polar surface area (TPSA) is 90.4 Å². The second kappa shape index (κ2) is 6.16. The van der Waals surface area contributed by atoms with Crippen molar-refractivity contribution in [1.82, 2.24) is 9.88 Å². The van der Waals surface area contributed by atoms with Crippen LogP contribution in [0.1, 0.15) is 0 Å². The van der Waals surface area contributed by atoms with E-state index in [0.29, 0.717) is 5.13 Å². The summed E-state index contributed by atoms with van der Waals surface area (Å²) in [5.41, 5.74) is 7.96. The van der Waals surface area contributed by atoms with Crippen LogP contribution >= 0.6 is 11.3 Å². The quantitative estimate of drug-likeness (QED) is 0.595. The molecule has 0 aliphatic carbocycles. The molecule has 2 rings (SSSR count). The lowest BCUT2D eigenvalue weighted by atomic mass is 10.1. The zero-order valence-electron chi connectivity index (χ0n) is 11.3. The normalized spacial score (nSPS) is 10.7. The first kappa shape index (κ1) is 14.0. The Morgan fingerprint density at radius 2 is 2.30 bits per heavy atom. The minimum absolute atomic E-state index is 0.116. The number of hydrogen-bond donors (Lipinski definition) is 3. The molecule has 7 heteroatoms. The summed E-state index contributed by atoms with van der Waals surface area (Å²) < 4.78 is 0. The molecule has 0 atom stereocenters. The maximum atomic E-state index is 7.18. The van der Waals surface area contributed by atoms with Crippen molar-refractivity contribution in [3.8, 4) is 11.3 Å². The molecule has 2 aromatic rings. The standard InChI is InChI=1S/C13H16N6S/c1-19(2)8-16-10-5-3-4-9(6-10)11-7-20-13(17-11)18-12(14)15/h3-8H,1-2H3,(H4,14,15,17,18)/b16-8+. The fraction of sp³-hybridized carbons (Fsp3) is 0.154. The maximum absolute atomic E-state index is 7.18. The number of nitrogens with one attached hydrogen (secondary N) is 2. The summed E-state index contributed by atoms with van der Waals surface area (Å²) in [7, 11) is 3.85. The van der Waals surface area contributed by atoms with Crippen molar-refractivity contribution in [2.45, 2.75) is 0 Å². The number of nitrogens with two attached hydrogens (primary N) is 1. The van der Waals surface area contributed by atoms with Crippen LogP contribution in [0.2, 0.25) is 0 Å². The van der Waals surface area contributed by atoms with E-state index in [-0.39, 0.29) is 5.96 Å². The highest BCUT2D eigenvalue weighted by Crippen LogP contribution is 2.27. The number of anilines is 1. The van der Waals surface area contributed by atoms with Crippen LogP contribution in [0.3, 0.4) is 0 Å². The predicted molar refractivity (Wildman–Crippen MR) is 84.9 cm³/mol. The third-order valence-electron chi connectivity index (χ3n) is 2.33. The van der Waals surface area contributed by atoms with E-state index in [1.807, 2.05) is 48.6 Å². The molecule has 1 aromatic heterocycles. The van der Waals surface area contributed by atoms with Crippen LogP contribution in [0, 0.1) is 5.41 Å². The number of benzene rings is 1. The van der Waals surface area contributed by atoms with Crippen molar-refractivity contribution in [2.24, 2.45) is 10.7 Å². The summed E-state index contributed by atoms with van der Waals surface area (Å²) in [6.45, 7) is 0. The average Bonchev–Trinajstić information content (AvgIpc) is 2.84. The number of rotatable bonds is 4. The lowest BCUT2D eigenvalue weighted by Crippen LogP contribution is -2.20. The minimum Gasteiger partial charge on any atom is -0.370 e. The van der Waals surface area contributed by atoms with E-state index in [0.717, 1.165) is 16.9 Å². The molecule has 0 saturated carbocycles. The summed E-state index contributed by atoms with van der Waals surface area (Å²) in [5.74, 6) is -0.116. The first-order valence-corrected chi connectivity index (χ1v) is 6.80. The lowest BCUT2D eigenvalue weighted by molar-refractivity contribution is 0.643. The van der Waals surface area contributed by atoms with Crippen LogP contribution in [0.4, 0.5) is 10.8 Å². The monoisotopic (exact) mass is 288 g/mol. The second-order valence-corrected chi connectivity index (χ2v) is 5.19. The molecule has 0 saturated heterocycles. The molecule has 0 radical (unpaired) electrons. The summed E-state index contributed by atoms with van der Waals surface area (Å²) in [6.07, 6.45) is 1.75. The van der Waals surface area contributed by atoms with Crippen molar-refractivity contribution in [3.05, 3.63) is 29.6 Å². The van der Waals surface area contributed by atoms with E-state index in [1.165, 1.54) is 11.3 Å². The number of hydrogen-bond acceptors (Lipinski definition) is 4. The SMILES string of the molecule is CN(C)/C=N/c1cccc(-c2csc(NC(=N)N)n2)c1. The minimum atomic E-state index is -0.116. The van der Waals surface area contributed by atoms with Crippen molar-refractivity contribution in [1.29, 1.82) is 5.41 Å². The van der Waals surface area contributed by atoms with Gasteiger partial charge in [0.2, 0.25) is 0 Å². The molecule has 20 heavy (non-hydrogen) atoms. The van der Waals surface area contributed by atoms with Crippen molar-refractivity contribution < 1.29 is 0 Å². The van der Waals surface area contributed by atoms with Crippen LogP contribution in [0.5, 0.6) is 0 Å². The van der Waals surface area contributed by atoms with E-state index in [9.17, 15) is 0 Å². The summed E-state index contributed by atoms with van der Waals surface area (Å²) in [6, 6.07) is 7.81. The first-order valence-electron chi connectivity index (χ1n) is 5.92. The largest absolute Gasteiger partial charge is 0.370 e. The molecular formula is C13H16N6S. The van der Waals surface area contributed by atoms with Gasteiger partial charge in [0.05, 0.1) is 17.7 Å². The summed E-state index contributed by atoms with van der Waals surface area (Å²) in [4.78, 5) is 10.6. The molecule has 1 aromatic carbocycles. The Balaban J connectivity index is 2.22. The Morgan fingerprint density at radius 1 is 1.50 bits per heavy atom. The fourth-order valence-corrected chi connectivity index (χ4v) is 2.24. The van der Waals surface area contributed by atoms with Crippen LogP contribution in [0.25, 0.3) is 11.3 Å². The van der Waals surface area contributed by atoms with Gasteiger partial charge in [0.25, 0.3) is 0 Å². The molecule has 1 heterocycles. The Hall–Kier alpha value is -2.41. The molecule has 6 nitrogen and oxygen atoms in total. The van der Waals surface area contributed by atoms with Gasteiger partial charge in [-0.3, -0.25) is 5.41 Å². The molecule has 0 unspecified atom stereocenters. The lowest BCUT2D eigenvalue weighted by Gasteiger charge is -2.03. The predicted octanol–water partition coefficient (Wildman–Crippen LogP) is 2.34. The van der Waals surface area contributed by atoms with E-state index in [1.54, 1.807) is 6.34 Å². The van der Waals surface area contributed by atoms with Crippen LogP contribution in [0.15, 0.2) is 34.6 Å². The summed E-state index contributed by atoms with van der Waals surface area (Å²) in [5, 5.41) is 12.4. The Kier molecular flexibility index (Phi) is 4.31. The molecule has 0 bridgehead atoms. The maximum Gasteiger partial charge on any atom is 0.192 e. The van der Waals surface area contributed by atoms with Gasteiger partial charge in [-0.05, 0) is 12.1 Å². The molecule has 0 fully saturated rings. The highest BCUT2D eigenvalue weighted by molar-refractivity contribution is 7.14. The highest BCUT2D eigenvalue weighted by atomic mass is 32.1. The van der Waals surface area contributed by atoms with Gasteiger partial charge in [0.1, 0.15) is 0 Å². The Labute approximate surface area is 121 Å². The number of aliphatic imine (C=N–C) groups is 1. The van der Waals surface area contributed by atoms with Gasteiger partial charge in [-0.15, -0.1) is 11.3 Å². The Morgan fingerprint density at radius 3 is 3.00 bits per heavy atom. The number of aromatic nitrogens is 1. The average molecular weight is 288 g/mol. The van der Waals surface area contributed by atoms with E-state index >= 15 is 0 Å². The third kappa shape index (κ3) is 3.79. The van der Waals surface area contributed by atoms with Crippen LogP contribution in [-0.4, -0.2) is 36.3 Å².